The van der Waals surface area contributed by atoms with E-state index in [1.165, 1.54) is 0 Å². The average Bonchev–Trinajstić information content (AvgIpc) is 2.20. The van der Waals surface area contributed by atoms with Crippen LogP contribution >= 0.6 is 0 Å². The first-order valence-electron chi connectivity index (χ1n) is 5.44. The maximum Gasteiger partial charge on any atom is 0.150 e. The summed E-state index contributed by atoms with van der Waals surface area (Å²) in [4.78, 5) is 3.97. The number of rotatable bonds is 6. The molecule has 0 aliphatic rings. The van der Waals surface area contributed by atoms with Crippen molar-refractivity contribution in [1.82, 2.24) is 4.98 Å². The largest absolute Gasteiger partial charge is 0.398 e. The Labute approximate surface area is 96.8 Å². The summed E-state index contributed by atoms with van der Waals surface area (Å²) < 4.78 is 22.9. The van der Waals surface area contributed by atoms with Crippen molar-refractivity contribution in [1.29, 1.82) is 0 Å². The molecule has 0 unspecified atom stereocenters. The van der Waals surface area contributed by atoms with E-state index in [-0.39, 0.29) is 11.5 Å². The van der Waals surface area contributed by atoms with E-state index in [0.717, 1.165) is 5.56 Å². The van der Waals surface area contributed by atoms with E-state index in [1.54, 1.807) is 18.5 Å². The van der Waals surface area contributed by atoms with Gasteiger partial charge in [-0.1, -0.05) is 6.92 Å². The van der Waals surface area contributed by atoms with E-state index in [4.69, 9.17) is 5.73 Å². The number of sulfone groups is 1. The predicted molar refractivity (Wildman–Crippen MR) is 65.9 cm³/mol. The van der Waals surface area contributed by atoms with Gasteiger partial charge in [0.1, 0.15) is 9.84 Å². The lowest BCUT2D eigenvalue weighted by Crippen LogP contribution is -2.11. The SMILES string of the molecule is CCCS(=O)(=O)CCCc1cnccc1N. The molecule has 0 fully saturated rings. The fourth-order valence-corrected chi connectivity index (χ4v) is 2.95. The second-order valence-electron chi connectivity index (χ2n) is 3.83. The lowest BCUT2D eigenvalue weighted by molar-refractivity contribution is 0.592. The molecule has 5 heteroatoms. The number of hydrogen-bond acceptors (Lipinski definition) is 4. The smallest absolute Gasteiger partial charge is 0.150 e. The molecule has 0 radical (unpaired) electrons. The van der Waals surface area contributed by atoms with E-state index < -0.39 is 9.84 Å². The summed E-state index contributed by atoms with van der Waals surface area (Å²) in [5.74, 6) is 0.505. The van der Waals surface area contributed by atoms with E-state index in [0.29, 0.717) is 24.9 Å². The normalized spacial score (nSPS) is 11.6. The molecule has 0 bridgehead atoms. The molecule has 0 atom stereocenters. The number of aromatic nitrogens is 1. The Morgan fingerprint density at radius 2 is 2.12 bits per heavy atom. The third-order valence-electron chi connectivity index (χ3n) is 2.36. The van der Waals surface area contributed by atoms with Crippen LogP contribution in [0, 0.1) is 0 Å². The Balaban J connectivity index is 2.45. The van der Waals surface area contributed by atoms with Crippen molar-refractivity contribution in [3.8, 4) is 0 Å². The van der Waals surface area contributed by atoms with Gasteiger partial charge < -0.3 is 5.73 Å². The van der Waals surface area contributed by atoms with Crippen molar-refractivity contribution in [2.75, 3.05) is 17.2 Å². The number of nitrogens with two attached hydrogens (primary N) is 1. The van der Waals surface area contributed by atoms with Gasteiger partial charge in [-0.3, -0.25) is 4.98 Å². The standard InChI is InChI=1S/C11H18N2O2S/c1-2-7-16(14,15)8-3-4-10-9-13-6-5-11(10)12/h5-6,9H,2-4,7-8H2,1H3,(H2,12,13). The summed E-state index contributed by atoms with van der Waals surface area (Å²) in [6, 6.07) is 1.73. The molecule has 4 nitrogen and oxygen atoms in total. The summed E-state index contributed by atoms with van der Waals surface area (Å²) in [7, 11) is -2.88. The average molecular weight is 242 g/mol. The zero-order chi connectivity index (χ0) is 12.0. The molecule has 1 aromatic heterocycles. The molecular weight excluding hydrogens is 224 g/mol. The predicted octanol–water partition coefficient (Wildman–Crippen LogP) is 1.42. The highest BCUT2D eigenvalue weighted by molar-refractivity contribution is 7.91. The van der Waals surface area contributed by atoms with Gasteiger partial charge in [0.25, 0.3) is 0 Å². The minimum atomic E-state index is -2.88. The van der Waals surface area contributed by atoms with Crippen molar-refractivity contribution in [3.05, 3.63) is 24.0 Å². The molecule has 16 heavy (non-hydrogen) atoms. The number of nitrogens with zero attached hydrogens (tertiary/aromatic N) is 1. The van der Waals surface area contributed by atoms with Crippen molar-refractivity contribution >= 4 is 15.5 Å². The van der Waals surface area contributed by atoms with Crippen LogP contribution in [-0.2, 0) is 16.3 Å². The molecule has 90 valence electrons. The minimum absolute atomic E-state index is 0.231. The Morgan fingerprint density at radius 1 is 1.38 bits per heavy atom. The number of hydrogen-bond donors (Lipinski definition) is 1. The minimum Gasteiger partial charge on any atom is -0.398 e. The van der Waals surface area contributed by atoms with E-state index >= 15 is 0 Å². The summed E-state index contributed by atoms with van der Waals surface area (Å²) in [5.41, 5.74) is 7.35. The number of pyridine rings is 1. The van der Waals surface area contributed by atoms with Gasteiger partial charge in [0, 0.05) is 23.8 Å². The Hall–Kier alpha value is -1.10. The first-order valence-corrected chi connectivity index (χ1v) is 7.26. The maximum absolute atomic E-state index is 11.5. The van der Waals surface area contributed by atoms with Crippen molar-refractivity contribution in [2.24, 2.45) is 0 Å². The van der Waals surface area contributed by atoms with Crippen molar-refractivity contribution < 1.29 is 8.42 Å². The van der Waals surface area contributed by atoms with Crippen LogP contribution in [0.2, 0.25) is 0 Å². The molecular formula is C11H18N2O2S. The van der Waals surface area contributed by atoms with Gasteiger partial charge in [-0.25, -0.2) is 8.42 Å². The monoisotopic (exact) mass is 242 g/mol. The van der Waals surface area contributed by atoms with Crippen molar-refractivity contribution in [3.63, 3.8) is 0 Å². The van der Waals surface area contributed by atoms with Crippen LogP contribution in [0.4, 0.5) is 5.69 Å². The van der Waals surface area contributed by atoms with Crippen LogP contribution in [0.15, 0.2) is 18.5 Å². The van der Waals surface area contributed by atoms with Crippen molar-refractivity contribution in [2.45, 2.75) is 26.2 Å². The lowest BCUT2D eigenvalue weighted by atomic mass is 10.1. The summed E-state index contributed by atoms with van der Waals surface area (Å²) in [5, 5.41) is 0. The van der Waals surface area contributed by atoms with Crippen LogP contribution in [0.25, 0.3) is 0 Å². The second kappa shape index (κ2) is 5.84. The Bertz CT molecular complexity index is 429. The number of nitrogen functional groups attached to an aromatic ring is 1. The third-order valence-corrected chi connectivity index (χ3v) is 4.30. The number of anilines is 1. The molecule has 0 saturated carbocycles. The summed E-state index contributed by atoms with van der Waals surface area (Å²) in [6.45, 7) is 1.87. The molecule has 0 spiro atoms. The zero-order valence-corrected chi connectivity index (χ0v) is 10.3. The highest BCUT2D eigenvalue weighted by atomic mass is 32.2. The van der Waals surface area contributed by atoms with Gasteiger partial charge in [0.05, 0.1) is 5.75 Å². The van der Waals surface area contributed by atoms with Crippen LogP contribution in [0.3, 0.4) is 0 Å². The van der Waals surface area contributed by atoms with Gasteiger partial charge in [-0.05, 0) is 30.9 Å². The molecule has 1 rings (SSSR count). The topological polar surface area (TPSA) is 73.0 Å². The Kier molecular flexibility index (Phi) is 4.73. The fourth-order valence-electron chi connectivity index (χ4n) is 1.54. The van der Waals surface area contributed by atoms with Crippen LogP contribution in [0.5, 0.6) is 0 Å². The summed E-state index contributed by atoms with van der Waals surface area (Å²) >= 11 is 0. The molecule has 0 aliphatic carbocycles. The van der Waals surface area contributed by atoms with Gasteiger partial charge >= 0.3 is 0 Å². The van der Waals surface area contributed by atoms with Gasteiger partial charge in [-0.2, -0.15) is 0 Å². The first kappa shape index (κ1) is 13.0. The molecule has 2 N–H and O–H groups in total. The molecule has 1 heterocycles. The molecule has 1 aromatic rings. The van der Waals surface area contributed by atoms with Crippen LogP contribution in [-0.4, -0.2) is 24.9 Å². The first-order chi connectivity index (χ1) is 7.55. The maximum atomic E-state index is 11.5. The lowest BCUT2D eigenvalue weighted by Gasteiger charge is -2.05. The Morgan fingerprint density at radius 3 is 2.75 bits per heavy atom. The van der Waals surface area contributed by atoms with E-state index in [2.05, 4.69) is 4.98 Å². The molecule has 0 aliphatic heterocycles. The van der Waals surface area contributed by atoms with Gasteiger partial charge in [0.2, 0.25) is 0 Å². The van der Waals surface area contributed by atoms with E-state index in [1.807, 2.05) is 6.92 Å². The highest BCUT2D eigenvalue weighted by Gasteiger charge is 2.09. The third kappa shape index (κ3) is 4.18. The second-order valence-corrected chi connectivity index (χ2v) is 6.13. The van der Waals surface area contributed by atoms with Crippen LogP contribution in [0.1, 0.15) is 25.3 Å². The highest BCUT2D eigenvalue weighted by Crippen LogP contribution is 2.11. The quantitative estimate of drug-likeness (QED) is 0.818. The molecule has 0 amide bonds. The van der Waals surface area contributed by atoms with Crippen LogP contribution < -0.4 is 5.73 Å². The zero-order valence-electron chi connectivity index (χ0n) is 9.52. The number of aryl methyl sites for hydroxylation is 1. The van der Waals surface area contributed by atoms with Gasteiger partial charge in [0.15, 0.2) is 0 Å². The molecule has 0 saturated heterocycles. The fraction of sp³-hybridized carbons (Fsp3) is 0.545. The van der Waals surface area contributed by atoms with E-state index in [9.17, 15) is 8.42 Å². The van der Waals surface area contributed by atoms with Gasteiger partial charge in [-0.15, -0.1) is 0 Å². The molecule has 0 aromatic carbocycles. The summed E-state index contributed by atoms with van der Waals surface area (Å²) in [6.07, 6.45) is 5.28.